The minimum absolute atomic E-state index is 0.0709. The maximum atomic E-state index is 11.3. The van der Waals surface area contributed by atoms with Gasteiger partial charge in [0.25, 0.3) is 0 Å². The fraction of sp³-hybridized carbons (Fsp3) is 0.333. The van der Waals surface area contributed by atoms with Gasteiger partial charge in [-0.2, -0.15) is 0 Å². The topological polar surface area (TPSA) is 61.8 Å². The van der Waals surface area contributed by atoms with Crippen LogP contribution < -0.4 is 9.47 Å². The standard InChI is InChI=1S/C12H12O5/c1-15-9-3-7-5-11(13)17-12(14)6-8(7)4-10(9)16-2/h3-4H,5-6H2,1-2H3. The van der Waals surface area contributed by atoms with Gasteiger partial charge in [-0.15, -0.1) is 0 Å². The molecule has 0 spiro atoms. The van der Waals surface area contributed by atoms with E-state index in [-0.39, 0.29) is 12.8 Å². The first-order valence-electron chi connectivity index (χ1n) is 5.11. The molecule has 5 nitrogen and oxygen atoms in total. The minimum atomic E-state index is -0.541. The summed E-state index contributed by atoms with van der Waals surface area (Å²) >= 11 is 0. The lowest BCUT2D eigenvalue weighted by molar-refractivity contribution is -0.158. The highest BCUT2D eigenvalue weighted by atomic mass is 16.6. The van der Waals surface area contributed by atoms with Crippen molar-refractivity contribution in [2.45, 2.75) is 12.8 Å². The fourth-order valence-electron chi connectivity index (χ4n) is 1.80. The lowest BCUT2D eigenvalue weighted by Gasteiger charge is -2.11. The molecule has 0 atom stereocenters. The smallest absolute Gasteiger partial charge is 0.317 e. The predicted molar refractivity (Wildman–Crippen MR) is 58.1 cm³/mol. The largest absolute Gasteiger partial charge is 0.493 e. The quantitative estimate of drug-likeness (QED) is 0.563. The van der Waals surface area contributed by atoms with E-state index in [2.05, 4.69) is 4.74 Å². The van der Waals surface area contributed by atoms with Crippen LogP contribution in [0.1, 0.15) is 11.1 Å². The molecule has 1 aromatic rings. The van der Waals surface area contributed by atoms with Crippen LogP contribution in [0.3, 0.4) is 0 Å². The lowest BCUT2D eigenvalue weighted by atomic mass is 10.0. The van der Waals surface area contributed by atoms with E-state index in [0.717, 1.165) is 11.1 Å². The van der Waals surface area contributed by atoms with E-state index < -0.39 is 11.9 Å². The summed E-state index contributed by atoms with van der Waals surface area (Å²) in [5, 5.41) is 0. The third-order valence-electron chi connectivity index (χ3n) is 2.60. The van der Waals surface area contributed by atoms with Gasteiger partial charge >= 0.3 is 11.9 Å². The molecule has 90 valence electrons. The number of cyclic esters (lactones) is 2. The number of hydrogen-bond acceptors (Lipinski definition) is 5. The predicted octanol–water partition coefficient (Wildman–Crippen LogP) is 0.872. The number of hydrogen-bond donors (Lipinski definition) is 0. The van der Waals surface area contributed by atoms with Crippen molar-refractivity contribution < 1.29 is 23.8 Å². The van der Waals surface area contributed by atoms with Crippen LogP contribution in [0.4, 0.5) is 0 Å². The molecule has 17 heavy (non-hydrogen) atoms. The van der Waals surface area contributed by atoms with Gasteiger partial charge in [0.15, 0.2) is 11.5 Å². The first-order chi connectivity index (χ1) is 8.13. The normalized spacial score (nSPS) is 14.7. The van der Waals surface area contributed by atoms with E-state index in [4.69, 9.17) is 9.47 Å². The van der Waals surface area contributed by atoms with Gasteiger partial charge in [0.1, 0.15) is 0 Å². The van der Waals surface area contributed by atoms with Crippen LogP contribution in [0.25, 0.3) is 0 Å². The number of esters is 2. The van der Waals surface area contributed by atoms with Crippen LogP contribution in [-0.2, 0) is 27.2 Å². The summed E-state index contributed by atoms with van der Waals surface area (Å²) in [6, 6.07) is 3.40. The van der Waals surface area contributed by atoms with Crippen LogP contribution >= 0.6 is 0 Å². The monoisotopic (exact) mass is 236 g/mol. The Balaban J connectivity index is 2.50. The molecule has 0 saturated carbocycles. The van der Waals surface area contributed by atoms with E-state index >= 15 is 0 Å². The third kappa shape index (κ3) is 2.22. The lowest BCUT2D eigenvalue weighted by Crippen LogP contribution is -2.11. The number of benzene rings is 1. The van der Waals surface area contributed by atoms with Crippen molar-refractivity contribution in [2.75, 3.05) is 14.2 Å². The summed E-state index contributed by atoms with van der Waals surface area (Å²) in [4.78, 5) is 22.6. The summed E-state index contributed by atoms with van der Waals surface area (Å²) in [6.07, 6.45) is 0.142. The van der Waals surface area contributed by atoms with Gasteiger partial charge in [0, 0.05) is 0 Å². The molecular weight excluding hydrogens is 224 g/mol. The number of carbonyl (C=O) groups excluding carboxylic acids is 2. The molecule has 0 amide bonds. The van der Waals surface area contributed by atoms with E-state index in [0.29, 0.717) is 11.5 Å². The van der Waals surface area contributed by atoms with E-state index in [1.165, 1.54) is 14.2 Å². The Morgan fingerprint density at radius 1 is 0.941 bits per heavy atom. The first kappa shape index (κ1) is 11.4. The van der Waals surface area contributed by atoms with Crippen molar-refractivity contribution in [3.8, 4) is 11.5 Å². The van der Waals surface area contributed by atoms with Gasteiger partial charge in [0.05, 0.1) is 27.1 Å². The van der Waals surface area contributed by atoms with Crippen LogP contribution in [0.2, 0.25) is 0 Å². The van der Waals surface area contributed by atoms with E-state index in [1.54, 1.807) is 12.1 Å². The molecule has 0 unspecified atom stereocenters. The molecule has 0 aromatic heterocycles. The molecule has 0 N–H and O–H groups in total. The molecule has 1 aliphatic rings. The highest BCUT2D eigenvalue weighted by Gasteiger charge is 2.22. The van der Waals surface area contributed by atoms with Crippen molar-refractivity contribution in [3.63, 3.8) is 0 Å². The summed E-state index contributed by atoms with van der Waals surface area (Å²) in [6.45, 7) is 0. The second-order valence-electron chi connectivity index (χ2n) is 3.68. The van der Waals surface area contributed by atoms with E-state index in [9.17, 15) is 9.59 Å². The fourth-order valence-corrected chi connectivity index (χ4v) is 1.80. The molecular formula is C12H12O5. The maximum Gasteiger partial charge on any atom is 0.317 e. The molecule has 5 heteroatoms. The van der Waals surface area contributed by atoms with Crippen LogP contribution in [0.5, 0.6) is 11.5 Å². The summed E-state index contributed by atoms with van der Waals surface area (Å²) in [7, 11) is 3.04. The molecule has 2 rings (SSSR count). The second-order valence-corrected chi connectivity index (χ2v) is 3.68. The van der Waals surface area contributed by atoms with Crippen molar-refractivity contribution >= 4 is 11.9 Å². The zero-order chi connectivity index (χ0) is 12.4. The average molecular weight is 236 g/mol. The van der Waals surface area contributed by atoms with Crippen molar-refractivity contribution in [3.05, 3.63) is 23.3 Å². The number of carbonyl (C=O) groups is 2. The Labute approximate surface area is 98.3 Å². The van der Waals surface area contributed by atoms with Crippen LogP contribution in [0, 0.1) is 0 Å². The average Bonchev–Trinajstić information content (AvgIpc) is 2.43. The minimum Gasteiger partial charge on any atom is -0.493 e. The van der Waals surface area contributed by atoms with Gasteiger partial charge in [-0.1, -0.05) is 0 Å². The highest BCUT2D eigenvalue weighted by molar-refractivity contribution is 5.90. The Kier molecular flexibility index (Phi) is 2.99. The summed E-state index contributed by atoms with van der Waals surface area (Å²) in [5.41, 5.74) is 1.47. The summed E-state index contributed by atoms with van der Waals surface area (Å²) < 4.78 is 14.9. The van der Waals surface area contributed by atoms with Crippen molar-refractivity contribution in [2.24, 2.45) is 0 Å². The molecule has 0 fully saturated rings. The Hall–Kier alpha value is -2.04. The van der Waals surface area contributed by atoms with E-state index in [1.807, 2.05) is 0 Å². The first-order valence-corrected chi connectivity index (χ1v) is 5.11. The van der Waals surface area contributed by atoms with Gasteiger partial charge in [-0.25, -0.2) is 0 Å². The zero-order valence-corrected chi connectivity index (χ0v) is 9.61. The SMILES string of the molecule is COc1cc2c(cc1OC)CC(=O)OC(=O)C2. The van der Waals surface area contributed by atoms with Crippen LogP contribution in [-0.4, -0.2) is 26.2 Å². The Morgan fingerprint density at radius 3 is 1.71 bits per heavy atom. The molecule has 0 bridgehead atoms. The van der Waals surface area contributed by atoms with Crippen molar-refractivity contribution in [1.29, 1.82) is 0 Å². The molecule has 1 aromatic carbocycles. The van der Waals surface area contributed by atoms with Gasteiger partial charge in [-0.3, -0.25) is 9.59 Å². The maximum absolute atomic E-state index is 11.3. The van der Waals surface area contributed by atoms with Crippen molar-refractivity contribution in [1.82, 2.24) is 0 Å². The van der Waals surface area contributed by atoms with Crippen LogP contribution in [0.15, 0.2) is 12.1 Å². The van der Waals surface area contributed by atoms with Gasteiger partial charge in [-0.05, 0) is 23.3 Å². The zero-order valence-electron chi connectivity index (χ0n) is 9.61. The number of fused-ring (bicyclic) bond motifs is 1. The molecule has 0 aliphatic carbocycles. The highest BCUT2D eigenvalue weighted by Crippen LogP contribution is 2.32. The number of ether oxygens (including phenoxy) is 3. The van der Waals surface area contributed by atoms with Gasteiger partial charge < -0.3 is 14.2 Å². The van der Waals surface area contributed by atoms with Gasteiger partial charge in [0.2, 0.25) is 0 Å². The number of methoxy groups -OCH3 is 2. The molecule has 0 saturated heterocycles. The molecule has 1 heterocycles. The Morgan fingerprint density at radius 2 is 1.35 bits per heavy atom. The molecule has 1 aliphatic heterocycles. The molecule has 0 radical (unpaired) electrons. The Bertz CT molecular complexity index is 435. The summed E-state index contributed by atoms with van der Waals surface area (Å²) in [5.74, 6) is -0.0104. The number of rotatable bonds is 2. The third-order valence-corrected chi connectivity index (χ3v) is 2.60. The second kappa shape index (κ2) is 4.45.